The van der Waals surface area contributed by atoms with Crippen molar-refractivity contribution in [1.29, 1.82) is 0 Å². The van der Waals surface area contributed by atoms with Crippen molar-refractivity contribution in [3.8, 4) is 0 Å². The van der Waals surface area contributed by atoms with Crippen LogP contribution in [0.5, 0.6) is 0 Å². The van der Waals surface area contributed by atoms with Crippen LogP contribution in [-0.4, -0.2) is 56.8 Å². The van der Waals surface area contributed by atoms with Gasteiger partial charge in [0.05, 0.1) is 18.8 Å². The van der Waals surface area contributed by atoms with Crippen LogP contribution >= 0.6 is 0 Å². The number of benzene rings is 1. The molecule has 2 fully saturated rings. The van der Waals surface area contributed by atoms with E-state index in [0.29, 0.717) is 25.9 Å². The molecule has 160 valence electrons. The number of likely N-dealkylation sites (N-methyl/N-ethyl adjacent to an activating group) is 1. The van der Waals surface area contributed by atoms with Gasteiger partial charge in [0, 0.05) is 31.2 Å². The zero-order valence-electron chi connectivity index (χ0n) is 17.7. The fourth-order valence-corrected chi connectivity index (χ4v) is 4.91. The summed E-state index contributed by atoms with van der Waals surface area (Å²) in [4.78, 5) is 36.2. The minimum Gasteiger partial charge on any atom is -0.460 e. The number of rotatable bonds is 5. The number of likely N-dealkylation sites (tertiary alicyclic amines) is 1. The molecule has 4 heterocycles. The number of aromatic nitrogens is 1. The second kappa shape index (κ2) is 7.81. The summed E-state index contributed by atoms with van der Waals surface area (Å²) in [6, 6.07) is 15.4. The van der Waals surface area contributed by atoms with Crippen LogP contribution < -0.4 is 0 Å². The van der Waals surface area contributed by atoms with Gasteiger partial charge in [0.2, 0.25) is 0 Å². The van der Waals surface area contributed by atoms with Crippen LogP contribution in [0.2, 0.25) is 0 Å². The Balaban J connectivity index is 1.30. The molecule has 7 heteroatoms. The summed E-state index contributed by atoms with van der Waals surface area (Å²) >= 11 is 0. The molecule has 0 saturated carbocycles. The third kappa shape index (κ3) is 3.39. The molecule has 1 spiro atoms. The van der Waals surface area contributed by atoms with E-state index in [2.05, 4.69) is 16.0 Å². The molecule has 0 N–H and O–H groups in total. The van der Waals surface area contributed by atoms with Crippen molar-refractivity contribution in [2.75, 3.05) is 19.6 Å². The van der Waals surface area contributed by atoms with Crippen molar-refractivity contribution in [2.45, 2.75) is 38.4 Å². The van der Waals surface area contributed by atoms with Crippen LogP contribution in [0.15, 0.2) is 59.1 Å². The number of imide groups is 1. The topological polar surface area (TPSA) is 69.9 Å². The van der Waals surface area contributed by atoms with Crippen LogP contribution in [0.4, 0.5) is 4.79 Å². The Bertz CT molecular complexity index is 1070. The number of urea groups is 1. The first-order valence-corrected chi connectivity index (χ1v) is 10.8. The maximum atomic E-state index is 13.4. The highest BCUT2D eigenvalue weighted by Crippen LogP contribution is 2.38. The molecule has 7 nitrogen and oxygen atoms in total. The van der Waals surface area contributed by atoms with Gasteiger partial charge in [0.15, 0.2) is 0 Å². The predicted octanol–water partition coefficient (Wildman–Crippen LogP) is 3.65. The van der Waals surface area contributed by atoms with Crippen molar-refractivity contribution < 1.29 is 14.0 Å². The lowest BCUT2D eigenvalue weighted by atomic mass is 9.85. The number of fused-ring (bicyclic) bond motifs is 1. The average Bonchev–Trinajstić information content (AvgIpc) is 3.28. The fourth-order valence-electron chi connectivity index (χ4n) is 4.91. The molecule has 5 rings (SSSR count). The van der Waals surface area contributed by atoms with Crippen LogP contribution in [0.1, 0.15) is 31.2 Å². The second-order valence-electron chi connectivity index (χ2n) is 8.30. The SMILES string of the molecule is CCN1C(=O)N(Cc2ccccn2)C(=O)C12CCN(Cc1cc3ccccc3o1)CC2. The molecule has 0 aliphatic carbocycles. The normalized spacial score (nSPS) is 19.1. The Kier molecular flexibility index (Phi) is 4.98. The number of para-hydroxylation sites is 1. The highest BCUT2D eigenvalue weighted by molar-refractivity contribution is 6.07. The number of hydrogen-bond donors (Lipinski definition) is 0. The lowest BCUT2D eigenvalue weighted by Gasteiger charge is -2.41. The van der Waals surface area contributed by atoms with Gasteiger partial charge < -0.3 is 9.32 Å². The predicted molar refractivity (Wildman–Crippen MR) is 116 cm³/mol. The van der Waals surface area contributed by atoms with E-state index in [4.69, 9.17) is 4.42 Å². The molecule has 2 saturated heterocycles. The second-order valence-corrected chi connectivity index (χ2v) is 8.30. The first-order chi connectivity index (χ1) is 15.1. The van der Waals surface area contributed by atoms with Gasteiger partial charge in [-0.05, 0) is 44.0 Å². The number of furan rings is 1. The Hall–Kier alpha value is -3.19. The molecule has 31 heavy (non-hydrogen) atoms. The lowest BCUT2D eigenvalue weighted by Crippen LogP contribution is -2.56. The molecule has 0 bridgehead atoms. The fraction of sp³-hybridized carbons (Fsp3) is 0.375. The molecule has 0 atom stereocenters. The number of piperidine rings is 1. The minimum absolute atomic E-state index is 0.0895. The zero-order valence-corrected chi connectivity index (χ0v) is 17.7. The number of hydrogen-bond acceptors (Lipinski definition) is 5. The summed E-state index contributed by atoms with van der Waals surface area (Å²) in [6.45, 7) is 4.87. The molecule has 2 aliphatic heterocycles. The monoisotopic (exact) mass is 418 g/mol. The molecule has 0 unspecified atom stereocenters. The maximum Gasteiger partial charge on any atom is 0.328 e. The summed E-state index contributed by atoms with van der Waals surface area (Å²) in [5.41, 5.74) is 0.870. The van der Waals surface area contributed by atoms with E-state index in [9.17, 15) is 9.59 Å². The minimum atomic E-state index is -0.745. The molecule has 2 aromatic heterocycles. The Morgan fingerprint density at radius 2 is 1.81 bits per heavy atom. The summed E-state index contributed by atoms with van der Waals surface area (Å²) in [7, 11) is 0. The molecule has 1 aromatic carbocycles. The van der Waals surface area contributed by atoms with Crippen LogP contribution in [0, 0.1) is 0 Å². The highest BCUT2D eigenvalue weighted by atomic mass is 16.3. The summed E-state index contributed by atoms with van der Waals surface area (Å²) in [5.74, 6) is 0.837. The van der Waals surface area contributed by atoms with Crippen molar-refractivity contribution in [3.63, 3.8) is 0 Å². The van der Waals surface area contributed by atoms with Crippen molar-refractivity contribution >= 4 is 22.9 Å². The molecular weight excluding hydrogens is 392 g/mol. The Morgan fingerprint density at radius 3 is 2.52 bits per heavy atom. The van der Waals surface area contributed by atoms with Gasteiger partial charge in [-0.1, -0.05) is 24.3 Å². The zero-order chi connectivity index (χ0) is 21.4. The van der Waals surface area contributed by atoms with Gasteiger partial charge in [0.25, 0.3) is 5.91 Å². The number of nitrogens with zero attached hydrogens (tertiary/aromatic N) is 4. The number of carbonyl (C=O) groups is 2. The van der Waals surface area contributed by atoms with E-state index >= 15 is 0 Å². The summed E-state index contributed by atoms with van der Waals surface area (Å²) in [5, 5.41) is 1.10. The molecule has 0 radical (unpaired) electrons. The first-order valence-electron chi connectivity index (χ1n) is 10.8. The first kappa shape index (κ1) is 19.8. The van der Waals surface area contributed by atoms with Crippen molar-refractivity contribution in [3.05, 3.63) is 66.2 Å². The summed E-state index contributed by atoms with van der Waals surface area (Å²) in [6.07, 6.45) is 2.94. The van der Waals surface area contributed by atoms with Gasteiger partial charge in [-0.15, -0.1) is 0 Å². The largest absolute Gasteiger partial charge is 0.460 e. The number of carbonyl (C=O) groups excluding carboxylic acids is 2. The van der Waals surface area contributed by atoms with E-state index in [-0.39, 0.29) is 18.5 Å². The van der Waals surface area contributed by atoms with Crippen molar-refractivity contribution in [1.82, 2.24) is 19.7 Å². The van der Waals surface area contributed by atoms with Gasteiger partial charge in [0.1, 0.15) is 16.9 Å². The Morgan fingerprint density at radius 1 is 1.03 bits per heavy atom. The van der Waals surface area contributed by atoms with Gasteiger partial charge in [-0.25, -0.2) is 4.79 Å². The van der Waals surface area contributed by atoms with Gasteiger partial charge in [-0.3, -0.25) is 19.6 Å². The number of pyridine rings is 1. The lowest BCUT2D eigenvalue weighted by molar-refractivity contribution is -0.136. The standard InChI is InChI=1S/C24H26N4O3/c1-2-28-23(30)27(16-19-8-5-6-12-25-19)22(29)24(28)10-13-26(14-11-24)17-20-15-18-7-3-4-9-21(18)31-20/h3-9,12,15H,2,10-11,13-14,16-17H2,1H3. The Labute approximate surface area is 181 Å². The van der Waals surface area contributed by atoms with Crippen molar-refractivity contribution in [2.24, 2.45) is 0 Å². The van der Waals surface area contributed by atoms with E-state index in [1.807, 2.05) is 49.4 Å². The van der Waals surface area contributed by atoms with E-state index in [1.165, 1.54) is 4.90 Å². The number of amides is 3. The molecule has 3 aromatic rings. The molecular formula is C24H26N4O3. The average molecular weight is 418 g/mol. The van der Waals surface area contributed by atoms with Gasteiger partial charge in [-0.2, -0.15) is 0 Å². The van der Waals surface area contributed by atoms with E-state index in [1.54, 1.807) is 11.1 Å². The van der Waals surface area contributed by atoms with Crippen LogP contribution in [-0.2, 0) is 17.9 Å². The van der Waals surface area contributed by atoms with Gasteiger partial charge >= 0.3 is 6.03 Å². The third-order valence-electron chi connectivity index (χ3n) is 6.52. The van der Waals surface area contributed by atoms with Crippen LogP contribution in [0.3, 0.4) is 0 Å². The molecule has 2 aliphatic rings. The van der Waals surface area contributed by atoms with E-state index < -0.39 is 5.54 Å². The summed E-state index contributed by atoms with van der Waals surface area (Å²) < 4.78 is 5.96. The quantitative estimate of drug-likeness (QED) is 0.592. The van der Waals surface area contributed by atoms with Crippen LogP contribution in [0.25, 0.3) is 11.0 Å². The van der Waals surface area contributed by atoms with E-state index in [0.717, 1.165) is 35.5 Å². The third-order valence-corrected chi connectivity index (χ3v) is 6.52. The highest BCUT2D eigenvalue weighted by Gasteiger charge is 2.57. The maximum absolute atomic E-state index is 13.4. The molecule has 3 amide bonds. The smallest absolute Gasteiger partial charge is 0.328 e.